The number of aryl methyl sites for hydroxylation is 1. The van der Waals surface area contributed by atoms with Crippen molar-refractivity contribution >= 4 is 17.2 Å². The van der Waals surface area contributed by atoms with Crippen molar-refractivity contribution in [2.75, 3.05) is 5.32 Å². The smallest absolute Gasteiger partial charge is 0.261 e. The fourth-order valence-electron chi connectivity index (χ4n) is 3.83. The monoisotopic (exact) mass is 418 g/mol. The third-order valence-electron chi connectivity index (χ3n) is 5.50. The van der Waals surface area contributed by atoms with Gasteiger partial charge in [-0.2, -0.15) is 5.10 Å². The molecule has 0 atom stereocenters. The van der Waals surface area contributed by atoms with Crippen molar-refractivity contribution in [3.8, 4) is 22.5 Å². The lowest BCUT2D eigenvalue weighted by molar-refractivity contribution is 0.102. The van der Waals surface area contributed by atoms with Gasteiger partial charge in [0.2, 0.25) is 0 Å². The van der Waals surface area contributed by atoms with Gasteiger partial charge < -0.3 is 5.32 Å². The molecule has 1 amide bonds. The lowest BCUT2D eigenvalue weighted by atomic mass is 10.1. The summed E-state index contributed by atoms with van der Waals surface area (Å²) in [5, 5.41) is 7.57. The quantitative estimate of drug-likeness (QED) is 0.388. The average Bonchev–Trinajstić information content (AvgIpc) is 3.29. The number of benzene rings is 3. The van der Waals surface area contributed by atoms with Crippen molar-refractivity contribution in [2.24, 2.45) is 0 Å². The van der Waals surface area contributed by atoms with E-state index in [1.165, 1.54) is 0 Å². The van der Waals surface area contributed by atoms with E-state index in [0.29, 0.717) is 11.2 Å². The molecule has 2 aromatic heterocycles. The molecule has 0 spiro atoms. The lowest BCUT2D eigenvalue weighted by Crippen LogP contribution is -2.13. The number of amides is 1. The van der Waals surface area contributed by atoms with Crippen LogP contribution in [0, 0.1) is 0 Å². The van der Waals surface area contributed by atoms with Crippen molar-refractivity contribution in [1.82, 2.24) is 14.6 Å². The first kappa shape index (κ1) is 19.7. The number of hydrogen-bond acceptors (Lipinski definition) is 3. The molecule has 3 aromatic carbocycles. The fourth-order valence-corrected chi connectivity index (χ4v) is 3.83. The summed E-state index contributed by atoms with van der Waals surface area (Å²) in [5.41, 5.74) is 6.51. The minimum atomic E-state index is -0.224. The minimum absolute atomic E-state index is 0.224. The Morgan fingerprint density at radius 2 is 1.53 bits per heavy atom. The van der Waals surface area contributed by atoms with Crippen LogP contribution < -0.4 is 5.32 Å². The van der Waals surface area contributed by atoms with E-state index in [4.69, 9.17) is 4.98 Å². The predicted molar refractivity (Wildman–Crippen MR) is 128 cm³/mol. The summed E-state index contributed by atoms with van der Waals surface area (Å²) in [6, 6.07) is 29.8. The molecule has 32 heavy (non-hydrogen) atoms. The zero-order valence-corrected chi connectivity index (χ0v) is 17.7. The van der Waals surface area contributed by atoms with Crippen molar-refractivity contribution < 1.29 is 4.79 Å². The number of rotatable bonds is 5. The number of aromatic nitrogens is 3. The van der Waals surface area contributed by atoms with Gasteiger partial charge in [-0.25, -0.2) is 9.50 Å². The Kier molecular flexibility index (Phi) is 5.22. The normalized spacial score (nSPS) is 10.9. The van der Waals surface area contributed by atoms with Crippen molar-refractivity contribution in [2.45, 2.75) is 13.3 Å². The van der Waals surface area contributed by atoms with Crippen molar-refractivity contribution in [3.63, 3.8) is 0 Å². The van der Waals surface area contributed by atoms with E-state index in [-0.39, 0.29) is 5.91 Å². The second-order valence-electron chi connectivity index (χ2n) is 7.52. The first-order chi connectivity index (χ1) is 15.7. The van der Waals surface area contributed by atoms with Crippen LogP contribution in [0.3, 0.4) is 0 Å². The highest BCUT2D eigenvalue weighted by Gasteiger charge is 2.19. The number of nitrogens with one attached hydrogen (secondary N) is 1. The number of nitrogens with zero attached hydrogens (tertiary/aromatic N) is 3. The summed E-state index contributed by atoms with van der Waals surface area (Å²) in [7, 11) is 0. The molecule has 0 radical (unpaired) electrons. The molecule has 0 unspecified atom stereocenters. The van der Waals surface area contributed by atoms with Crippen LogP contribution in [0.25, 0.3) is 28.2 Å². The molecule has 0 fully saturated rings. The Morgan fingerprint density at radius 3 is 2.25 bits per heavy atom. The molecule has 156 valence electrons. The maximum Gasteiger partial charge on any atom is 0.261 e. The van der Waals surface area contributed by atoms with Gasteiger partial charge in [0.1, 0.15) is 5.56 Å². The highest BCUT2D eigenvalue weighted by Crippen LogP contribution is 2.28. The Bertz CT molecular complexity index is 1390. The Labute approximate surface area is 186 Å². The fraction of sp³-hybridized carbons (Fsp3) is 0.0741. The number of carbonyl (C=O) groups is 1. The van der Waals surface area contributed by atoms with E-state index >= 15 is 0 Å². The van der Waals surface area contributed by atoms with Gasteiger partial charge in [0.25, 0.3) is 5.91 Å². The summed E-state index contributed by atoms with van der Waals surface area (Å²) >= 11 is 0. The molecule has 0 aliphatic rings. The van der Waals surface area contributed by atoms with Crippen LogP contribution in [0.15, 0.2) is 97.2 Å². The van der Waals surface area contributed by atoms with Crippen LogP contribution in [-0.2, 0) is 6.42 Å². The van der Waals surface area contributed by atoms with Gasteiger partial charge in [-0.15, -0.1) is 0 Å². The number of hydrogen-bond donors (Lipinski definition) is 1. The predicted octanol–water partition coefficient (Wildman–Crippen LogP) is 5.88. The maximum atomic E-state index is 13.2. The second-order valence-corrected chi connectivity index (χ2v) is 7.52. The Morgan fingerprint density at radius 1 is 0.875 bits per heavy atom. The molecule has 5 aromatic rings. The average molecular weight is 419 g/mol. The van der Waals surface area contributed by atoms with Crippen molar-refractivity contribution in [1.29, 1.82) is 0 Å². The first-order valence-electron chi connectivity index (χ1n) is 10.6. The highest BCUT2D eigenvalue weighted by molar-refractivity contribution is 6.08. The number of para-hydroxylation sites is 1. The minimum Gasteiger partial charge on any atom is -0.322 e. The number of anilines is 1. The van der Waals surface area contributed by atoms with Crippen molar-refractivity contribution in [3.05, 3.63) is 108 Å². The molecule has 0 aliphatic heterocycles. The van der Waals surface area contributed by atoms with Gasteiger partial charge >= 0.3 is 0 Å². The van der Waals surface area contributed by atoms with Crippen LogP contribution in [0.1, 0.15) is 22.8 Å². The summed E-state index contributed by atoms with van der Waals surface area (Å²) < 4.78 is 1.74. The summed E-state index contributed by atoms with van der Waals surface area (Å²) in [5.74, 6) is -0.224. The zero-order valence-electron chi connectivity index (χ0n) is 17.7. The molecular formula is C27H22N4O. The number of carbonyl (C=O) groups excluding carboxylic acids is 1. The van der Waals surface area contributed by atoms with Crippen LogP contribution in [0.4, 0.5) is 5.69 Å². The molecule has 1 N–H and O–H groups in total. The van der Waals surface area contributed by atoms with Crippen LogP contribution in [-0.4, -0.2) is 20.5 Å². The largest absolute Gasteiger partial charge is 0.322 e. The van der Waals surface area contributed by atoms with E-state index in [2.05, 4.69) is 17.3 Å². The molecular weight excluding hydrogens is 396 g/mol. The van der Waals surface area contributed by atoms with Gasteiger partial charge in [-0.1, -0.05) is 85.8 Å². The van der Waals surface area contributed by atoms with E-state index < -0.39 is 0 Å². The molecule has 0 aliphatic carbocycles. The molecule has 5 rings (SSSR count). The Hall–Kier alpha value is -4.25. The van der Waals surface area contributed by atoms with E-state index in [0.717, 1.165) is 40.2 Å². The molecule has 5 heteroatoms. The van der Waals surface area contributed by atoms with E-state index in [1.807, 2.05) is 91.0 Å². The number of fused-ring (bicyclic) bond motifs is 1. The lowest BCUT2D eigenvalue weighted by Gasteiger charge is -2.11. The van der Waals surface area contributed by atoms with Crippen LogP contribution in [0.2, 0.25) is 0 Å². The summed E-state index contributed by atoms with van der Waals surface area (Å²) in [6.07, 6.45) is 2.42. The SMILES string of the molecule is CCc1ccccc1NC(=O)c1cnn2c(-c3ccccc3)cc(-c3ccccc3)nc12. The van der Waals surface area contributed by atoms with E-state index in [1.54, 1.807) is 10.7 Å². The first-order valence-corrected chi connectivity index (χ1v) is 10.6. The molecule has 0 saturated heterocycles. The van der Waals surface area contributed by atoms with Gasteiger partial charge in [0.15, 0.2) is 5.65 Å². The van der Waals surface area contributed by atoms with Gasteiger partial charge in [-0.05, 0) is 24.1 Å². The maximum absolute atomic E-state index is 13.2. The van der Waals surface area contributed by atoms with Gasteiger partial charge in [0, 0.05) is 16.8 Å². The van der Waals surface area contributed by atoms with Gasteiger partial charge in [0.05, 0.1) is 17.6 Å². The molecule has 0 saturated carbocycles. The van der Waals surface area contributed by atoms with Crippen LogP contribution >= 0.6 is 0 Å². The molecule has 5 nitrogen and oxygen atoms in total. The summed E-state index contributed by atoms with van der Waals surface area (Å²) in [4.78, 5) is 18.1. The third-order valence-corrected chi connectivity index (χ3v) is 5.50. The second kappa shape index (κ2) is 8.47. The topological polar surface area (TPSA) is 59.3 Å². The zero-order chi connectivity index (χ0) is 21.9. The summed E-state index contributed by atoms with van der Waals surface area (Å²) in [6.45, 7) is 2.07. The van der Waals surface area contributed by atoms with E-state index in [9.17, 15) is 4.79 Å². The highest BCUT2D eigenvalue weighted by atomic mass is 16.1. The van der Waals surface area contributed by atoms with Gasteiger partial charge in [-0.3, -0.25) is 4.79 Å². The van der Waals surface area contributed by atoms with Crippen LogP contribution in [0.5, 0.6) is 0 Å². The third kappa shape index (κ3) is 3.65. The Balaban J connectivity index is 1.65. The molecule has 2 heterocycles. The molecule has 0 bridgehead atoms. The standard InChI is InChI=1S/C27H22N4O/c1-2-19-11-9-10-16-23(19)30-27(32)22-18-28-31-25(21-14-7-4-8-15-21)17-24(29-26(22)31)20-12-5-3-6-13-20/h3-18H,2H2,1H3,(H,30,32).